The van der Waals surface area contributed by atoms with Gasteiger partial charge in [-0.25, -0.2) is 0 Å². The monoisotopic (exact) mass is 295 g/mol. The predicted molar refractivity (Wildman–Crippen MR) is 96.8 cm³/mol. The minimum absolute atomic E-state index is 0.0252. The van der Waals surface area contributed by atoms with Crippen molar-refractivity contribution >= 4 is 21.5 Å². The van der Waals surface area contributed by atoms with Crippen LogP contribution in [0, 0.1) is 0 Å². The Balaban J connectivity index is 2.04. The second-order valence-corrected chi connectivity index (χ2v) is 6.90. The van der Waals surface area contributed by atoms with Gasteiger partial charge in [-0.3, -0.25) is 4.98 Å². The van der Waals surface area contributed by atoms with Gasteiger partial charge in [-0.2, -0.15) is 0 Å². The third-order valence-electron chi connectivity index (χ3n) is 5.27. The largest absolute Gasteiger partial charge is 0.256 e. The second kappa shape index (κ2) is 4.20. The molecular weight excluding hydrogens is 278 g/mol. The maximum atomic E-state index is 4.68. The van der Waals surface area contributed by atoms with Crippen molar-refractivity contribution in [3.05, 3.63) is 78.0 Å². The molecule has 0 bridgehead atoms. The Hall–Kier alpha value is -2.67. The van der Waals surface area contributed by atoms with Crippen molar-refractivity contribution in [2.75, 3.05) is 0 Å². The van der Waals surface area contributed by atoms with Gasteiger partial charge in [0, 0.05) is 17.2 Å². The first-order chi connectivity index (χ1) is 11.2. The zero-order chi connectivity index (χ0) is 15.6. The Labute approximate surface area is 135 Å². The lowest BCUT2D eigenvalue weighted by molar-refractivity contribution is 0.665. The standard InChI is InChI=1S/C22H17N/c1-22(2)18-8-5-13-23-21(18)17-12-11-15-10-9-14-6-3-4-7-16(14)19(15)20(17)22/h3-13H,1-2H3. The van der Waals surface area contributed by atoms with E-state index in [-0.39, 0.29) is 5.41 Å². The fourth-order valence-electron chi connectivity index (χ4n) is 4.20. The van der Waals surface area contributed by atoms with E-state index in [4.69, 9.17) is 0 Å². The molecule has 0 fully saturated rings. The normalized spacial score (nSPS) is 14.9. The average molecular weight is 295 g/mol. The number of hydrogen-bond donors (Lipinski definition) is 0. The SMILES string of the molecule is CC1(C)c2cccnc2-c2ccc3ccc4ccccc4c3c21. The number of rotatable bonds is 0. The Morgan fingerprint density at radius 1 is 0.783 bits per heavy atom. The van der Waals surface area contributed by atoms with Crippen LogP contribution in [0.25, 0.3) is 32.8 Å². The van der Waals surface area contributed by atoms with E-state index in [0.717, 1.165) is 5.69 Å². The minimum atomic E-state index is -0.0252. The van der Waals surface area contributed by atoms with Crippen LogP contribution >= 0.6 is 0 Å². The summed E-state index contributed by atoms with van der Waals surface area (Å²) < 4.78 is 0. The second-order valence-electron chi connectivity index (χ2n) is 6.90. The van der Waals surface area contributed by atoms with E-state index < -0.39 is 0 Å². The summed E-state index contributed by atoms with van der Waals surface area (Å²) in [7, 11) is 0. The maximum Gasteiger partial charge on any atom is 0.0746 e. The summed E-state index contributed by atoms with van der Waals surface area (Å²) in [5.74, 6) is 0. The summed E-state index contributed by atoms with van der Waals surface area (Å²) in [5, 5.41) is 5.32. The zero-order valence-corrected chi connectivity index (χ0v) is 13.3. The lowest BCUT2D eigenvalue weighted by Gasteiger charge is -2.23. The third kappa shape index (κ3) is 1.54. The number of hydrogen-bond acceptors (Lipinski definition) is 1. The molecule has 3 aromatic carbocycles. The Morgan fingerprint density at radius 3 is 2.48 bits per heavy atom. The van der Waals surface area contributed by atoms with Crippen molar-refractivity contribution in [1.29, 1.82) is 0 Å². The van der Waals surface area contributed by atoms with E-state index in [1.54, 1.807) is 0 Å². The molecular formula is C22H17N. The molecule has 0 N–H and O–H groups in total. The summed E-state index contributed by atoms with van der Waals surface area (Å²) in [6.45, 7) is 4.64. The lowest BCUT2D eigenvalue weighted by Crippen LogP contribution is -2.15. The zero-order valence-electron chi connectivity index (χ0n) is 13.3. The number of nitrogens with zero attached hydrogens (tertiary/aromatic N) is 1. The predicted octanol–water partition coefficient (Wildman–Crippen LogP) is 5.69. The van der Waals surface area contributed by atoms with Gasteiger partial charge in [0.1, 0.15) is 0 Å². The molecule has 1 heterocycles. The average Bonchev–Trinajstić information content (AvgIpc) is 2.83. The Morgan fingerprint density at radius 2 is 1.57 bits per heavy atom. The molecule has 4 aromatic rings. The first-order valence-corrected chi connectivity index (χ1v) is 8.09. The van der Waals surface area contributed by atoms with Gasteiger partial charge in [0.2, 0.25) is 0 Å². The van der Waals surface area contributed by atoms with Crippen molar-refractivity contribution < 1.29 is 0 Å². The lowest BCUT2D eigenvalue weighted by atomic mass is 9.79. The van der Waals surface area contributed by atoms with E-state index >= 15 is 0 Å². The summed E-state index contributed by atoms with van der Waals surface area (Å²) in [6, 6.07) is 21.9. The fraction of sp³-hybridized carbons (Fsp3) is 0.136. The molecule has 0 atom stereocenters. The first-order valence-electron chi connectivity index (χ1n) is 8.09. The molecule has 0 aliphatic heterocycles. The number of fused-ring (bicyclic) bond motifs is 7. The van der Waals surface area contributed by atoms with Gasteiger partial charge in [-0.1, -0.05) is 68.4 Å². The smallest absolute Gasteiger partial charge is 0.0746 e. The molecule has 1 heteroatoms. The molecule has 1 nitrogen and oxygen atoms in total. The van der Waals surface area contributed by atoms with Crippen molar-refractivity contribution in [3.8, 4) is 11.3 Å². The number of aromatic nitrogens is 1. The van der Waals surface area contributed by atoms with Gasteiger partial charge < -0.3 is 0 Å². The molecule has 110 valence electrons. The quantitative estimate of drug-likeness (QED) is 0.379. The molecule has 1 aliphatic carbocycles. The number of pyridine rings is 1. The highest BCUT2D eigenvalue weighted by Crippen LogP contribution is 2.51. The van der Waals surface area contributed by atoms with Crippen LogP contribution in [-0.2, 0) is 5.41 Å². The summed E-state index contributed by atoms with van der Waals surface area (Å²) in [6.07, 6.45) is 1.90. The summed E-state index contributed by atoms with van der Waals surface area (Å²) >= 11 is 0. The van der Waals surface area contributed by atoms with Gasteiger partial charge in [0.05, 0.1) is 5.69 Å². The topological polar surface area (TPSA) is 12.9 Å². The van der Waals surface area contributed by atoms with Crippen molar-refractivity contribution in [2.45, 2.75) is 19.3 Å². The maximum absolute atomic E-state index is 4.68. The van der Waals surface area contributed by atoms with E-state index in [2.05, 4.69) is 73.4 Å². The highest BCUT2D eigenvalue weighted by atomic mass is 14.7. The summed E-state index contributed by atoms with van der Waals surface area (Å²) in [4.78, 5) is 4.68. The van der Waals surface area contributed by atoms with Crippen LogP contribution in [0.1, 0.15) is 25.0 Å². The molecule has 0 saturated heterocycles. The molecule has 1 aliphatic rings. The van der Waals surface area contributed by atoms with Crippen LogP contribution < -0.4 is 0 Å². The Kier molecular flexibility index (Phi) is 2.34. The molecule has 0 amide bonds. The highest BCUT2D eigenvalue weighted by Gasteiger charge is 2.37. The molecule has 0 spiro atoms. The number of benzene rings is 3. The van der Waals surface area contributed by atoms with E-state index in [1.165, 1.54) is 38.2 Å². The van der Waals surface area contributed by atoms with E-state index in [0.29, 0.717) is 0 Å². The van der Waals surface area contributed by atoms with Gasteiger partial charge in [-0.15, -0.1) is 0 Å². The van der Waals surface area contributed by atoms with E-state index in [1.807, 2.05) is 12.3 Å². The molecule has 1 aromatic heterocycles. The molecule has 23 heavy (non-hydrogen) atoms. The van der Waals surface area contributed by atoms with Crippen LogP contribution in [0.5, 0.6) is 0 Å². The molecule has 5 rings (SSSR count). The van der Waals surface area contributed by atoms with Crippen molar-refractivity contribution in [2.24, 2.45) is 0 Å². The van der Waals surface area contributed by atoms with Gasteiger partial charge in [-0.05, 0) is 38.7 Å². The van der Waals surface area contributed by atoms with Crippen LogP contribution in [0.4, 0.5) is 0 Å². The van der Waals surface area contributed by atoms with Crippen LogP contribution in [0.2, 0.25) is 0 Å². The first kappa shape index (κ1) is 12.8. The minimum Gasteiger partial charge on any atom is -0.256 e. The molecule has 0 unspecified atom stereocenters. The molecule has 0 radical (unpaired) electrons. The van der Waals surface area contributed by atoms with Gasteiger partial charge in [0.15, 0.2) is 0 Å². The molecule has 0 saturated carbocycles. The van der Waals surface area contributed by atoms with Crippen molar-refractivity contribution in [3.63, 3.8) is 0 Å². The van der Waals surface area contributed by atoms with Crippen LogP contribution in [-0.4, -0.2) is 4.98 Å². The highest BCUT2D eigenvalue weighted by molar-refractivity contribution is 6.12. The van der Waals surface area contributed by atoms with Crippen LogP contribution in [0.3, 0.4) is 0 Å². The van der Waals surface area contributed by atoms with E-state index in [9.17, 15) is 0 Å². The van der Waals surface area contributed by atoms with Gasteiger partial charge >= 0.3 is 0 Å². The van der Waals surface area contributed by atoms with Crippen LogP contribution in [0.15, 0.2) is 66.9 Å². The summed E-state index contributed by atoms with van der Waals surface area (Å²) in [5.41, 5.74) is 5.15. The van der Waals surface area contributed by atoms with Crippen molar-refractivity contribution in [1.82, 2.24) is 4.98 Å². The Bertz CT molecular complexity index is 1090. The fourth-order valence-corrected chi connectivity index (χ4v) is 4.20. The van der Waals surface area contributed by atoms with Gasteiger partial charge in [0.25, 0.3) is 0 Å². The third-order valence-corrected chi connectivity index (χ3v) is 5.27.